The van der Waals surface area contributed by atoms with Crippen LogP contribution in [0.1, 0.15) is 50.5 Å². The van der Waals surface area contributed by atoms with E-state index in [2.05, 4.69) is 21.0 Å². The van der Waals surface area contributed by atoms with Crippen molar-refractivity contribution >= 4 is 23.4 Å². The molecule has 0 spiro atoms. The molecule has 0 radical (unpaired) electrons. The van der Waals surface area contributed by atoms with Gasteiger partial charge < -0.3 is 16.0 Å². The van der Waals surface area contributed by atoms with Gasteiger partial charge in [-0.3, -0.25) is 19.1 Å². The number of nitrogens with zero attached hydrogens (tertiary/aromatic N) is 2. The van der Waals surface area contributed by atoms with Crippen LogP contribution in [0.5, 0.6) is 0 Å². The molecule has 8 heteroatoms. The highest BCUT2D eigenvalue weighted by Gasteiger charge is 2.54. The first-order valence-corrected chi connectivity index (χ1v) is 12.4. The maximum Gasteiger partial charge on any atom is 0.246 e. The summed E-state index contributed by atoms with van der Waals surface area (Å²) in [4.78, 5) is 37.5. The summed E-state index contributed by atoms with van der Waals surface area (Å²) in [7, 11) is 0. The first kappa shape index (κ1) is 22.6. The molecule has 8 nitrogen and oxygen atoms in total. The molecule has 4 saturated carbocycles. The largest absolute Gasteiger partial charge is 0.355 e. The Hall–Kier alpha value is -3.16. The van der Waals surface area contributed by atoms with Crippen LogP contribution < -0.4 is 16.0 Å². The second-order valence-electron chi connectivity index (χ2n) is 10.4. The lowest BCUT2D eigenvalue weighted by Crippen LogP contribution is -2.53. The highest BCUT2D eigenvalue weighted by molar-refractivity contribution is 5.90. The normalized spacial score (nSPS) is 26.8. The fourth-order valence-electron chi connectivity index (χ4n) is 6.66. The van der Waals surface area contributed by atoms with Gasteiger partial charge in [-0.25, -0.2) is 0 Å². The van der Waals surface area contributed by atoms with E-state index >= 15 is 0 Å². The number of carbonyl (C=O) groups is 3. The summed E-state index contributed by atoms with van der Waals surface area (Å²) in [6.07, 6.45) is 10.7. The predicted molar refractivity (Wildman–Crippen MR) is 127 cm³/mol. The van der Waals surface area contributed by atoms with Crippen LogP contribution >= 0.6 is 0 Å². The van der Waals surface area contributed by atoms with E-state index in [0.29, 0.717) is 18.8 Å². The molecule has 1 aromatic heterocycles. The quantitative estimate of drug-likeness (QED) is 0.532. The Balaban J connectivity index is 1.04. The monoisotopic (exact) mass is 463 g/mol. The molecule has 6 rings (SSSR count). The summed E-state index contributed by atoms with van der Waals surface area (Å²) in [5.41, 5.74) is 1.39. The summed E-state index contributed by atoms with van der Waals surface area (Å²) in [5.74, 6) is 2.08. The number of anilines is 1. The molecule has 0 unspecified atom stereocenters. The van der Waals surface area contributed by atoms with E-state index in [1.54, 1.807) is 23.1 Å². The number of amides is 3. The lowest BCUT2D eigenvalue weighted by molar-refractivity contribution is -0.146. The van der Waals surface area contributed by atoms with Crippen molar-refractivity contribution in [3.8, 4) is 0 Å². The van der Waals surface area contributed by atoms with Crippen LogP contribution in [0.4, 0.5) is 5.69 Å². The third-order valence-electron chi connectivity index (χ3n) is 7.72. The lowest BCUT2D eigenvalue weighted by Gasteiger charge is -2.55. The first-order chi connectivity index (χ1) is 16.5. The van der Waals surface area contributed by atoms with Gasteiger partial charge in [0.15, 0.2) is 0 Å². The van der Waals surface area contributed by atoms with Gasteiger partial charge in [-0.2, -0.15) is 5.10 Å². The second-order valence-corrected chi connectivity index (χ2v) is 10.4. The van der Waals surface area contributed by atoms with Gasteiger partial charge in [-0.1, -0.05) is 12.1 Å². The van der Waals surface area contributed by atoms with E-state index in [4.69, 9.17) is 0 Å². The molecule has 34 heavy (non-hydrogen) atoms. The van der Waals surface area contributed by atoms with Gasteiger partial charge in [-0.05, 0) is 80.0 Å². The topological polar surface area (TPSA) is 105 Å². The molecule has 0 aliphatic heterocycles. The first-order valence-electron chi connectivity index (χ1n) is 12.4. The van der Waals surface area contributed by atoms with E-state index in [1.807, 2.05) is 24.3 Å². The summed E-state index contributed by atoms with van der Waals surface area (Å²) >= 11 is 0. The third-order valence-corrected chi connectivity index (χ3v) is 7.72. The average molecular weight is 464 g/mol. The van der Waals surface area contributed by atoms with Crippen LogP contribution in [0.15, 0.2) is 42.7 Å². The van der Waals surface area contributed by atoms with Crippen molar-refractivity contribution in [2.24, 2.45) is 23.2 Å². The molecule has 2 aromatic rings. The van der Waals surface area contributed by atoms with Crippen molar-refractivity contribution in [3.05, 3.63) is 48.3 Å². The molecule has 4 bridgehead atoms. The van der Waals surface area contributed by atoms with E-state index in [1.165, 1.54) is 19.3 Å². The third kappa shape index (κ3) is 5.16. The van der Waals surface area contributed by atoms with Gasteiger partial charge in [0.25, 0.3) is 0 Å². The van der Waals surface area contributed by atoms with E-state index in [-0.39, 0.29) is 36.1 Å². The van der Waals surface area contributed by atoms with Crippen LogP contribution in [-0.4, -0.2) is 34.0 Å². The lowest BCUT2D eigenvalue weighted by atomic mass is 9.49. The Morgan fingerprint density at radius 1 is 0.971 bits per heavy atom. The SMILES string of the molecule is O=C(CCNC(=O)C12CC3CC(CC(C3)C1)C2)NCc1cccc(NC(=O)Cn2cccn2)c1. The number of nitrogens with one attached hydrogen (secondary N) is 3. The van der Waals surface area contributed by atoms with E-state index < -0.39 is 0 Å². The molecule has 0 atom stereocenters. The van der Waals surface area contributed by atoms with Crippen LogP contribution in [0, 0.1) is 23.2 Å². The molecule has 4 aliphatic rings. The minimum absolute atomic E-state index is 0.0982. The summed E-state index contributed by atoms with van der Waals surface area (Å²) in [6.45, 7) is 0.878. The molecular weight excluding hydrogens is 430 g/mol. The minimum Gasteiger partial charge on any atom is -0.355 e. The Morgan fingerprint density at radius 2 is 1.71 bits per heavy atom. The molecule has 180 valence electrons. The molecule has 0 saturated heterocycles. The zero-order valence-electron chi connectivity index (χ0n) is 19.5. The average Bonchev–Trinajstić information content (AvgIpc) is 3.30. The number of carbonyl (C=O) groups excluding carboxylic acids is 3. The molecule has 3 amide bonds. The Bertz CT molecular complexity index is 1010. The molecular formula is C26H33N5O3. The number of hydrogen-bond donors (Lipinski definition) is 3. The smallest absolute Gasteiger partial charge is 0.246 e. The van der Waals surface area contributed by atoms with Crippen LogP contribution in [0.25, 0.3) is 0 Å². The van der Waals surface area contributed by atoms with Gasteiger partial charge in [-0.15, -0.1) is 0 Å². The van der Waals surface area contributed by atoms with E-state index in [0.717, 1.165) is 42.6 Å². The number of hydrogen-bond acceptors (Lipinski definition) is 4. The maximum absolute atomic E-state index is 13.0. The fourth-order valence-corrected chi connectivity index (χ4v) is 6.66. The van der Waals surface area contributed by atoms with Crippen LogP contribution in [0.3, 0.4) is 0 Å². The zero-order chi connectivity index (χ0) is 23.5. The Kier molecular flexibility index (Phi) is 6.39. The van der Waals surface area contributed by atoms with Crippen molar-refractivity contribution in [1.82, 2.24) is 20.4 Å². The standard InChI is InChI=1S/C26H33N5O3/c32-23(5-7-27-25(34)26-13-19-9-20(14-26)11-21(10-19)15-26)28-16-18-3-1-4-22(12-18)30-24(33)17-31-8-2-6-29-31/h1-4,6,8,12,19-21H,5,7,9-11,13-17H2,(H,27,34)(H,28,32)(H,30,33). The van der Waals surface area contributed by atoms with Gasteiger partial charge >= 0.3 is 0 Å². The number of rotatable bonds is 9. The van der Waals surface area contributed by atoms with Crippen LogP contribution in [0.2, 0.25) is 0 Å². The van der Waals surface area contributed by atoms with Crippen molar-refractivity contribution < 1.29 is 14.4 Å². The Labute approximate surface area is 199 Å². The second kappa shape index (κ2) is 9.60. The van der Waals surface area contributed by atoms with Crippen molar-refractivity contribution in [2.75, 3.05) is 11.9 Å². The molecule has 3 N–H and O–H groups in total. The molecule has 1 aromatic carbocycles. The fraction of sp³-hybridized carbons (Fsp3) is 0.538. The van der Waals surface area contributed by atoms with E-state index in [9.17, 15) is 14.4 Å². The molecule has 1 heterocycles. The van der Waals surface area contributed by atoms with Crippen molar-refractivity contribution in [1.29, 1.82) is 0 Å². The van der Waals surface area contributed by atoms with Crippen molar-refractivity contribution in [2.45, 2.75) is 58.0 Å². The zero-order valence-corrected chi connectivity index (χ0v) is 19.5. The van der Waals surface area contributed by atoms with Gasteiger partial charge in [0.2, 0.25) is 17.7 Å². The summed E-state index contributed by atoms with van der Waals surface area (Å²) in [6, 6.07) is 9.17. The number of aromatic nitrogens is 2. The van der Waals surface area contributed by atoms with Gasteiger partial charge in [0.1, 0.15) is 6.54 Å². The number of benzene rings is 1. The predicted octanol–water partition coefficient (Wildman–Crippen LogP) is 2.86. The van der Waals surface area contributed by atoms with Gasteiger partial charge in [0.05, 0.1) is 0 Å². The van der Waals surface area contributed by atoms with Crippen molar-refractivity contribution in [3.63, 3.8) is 0 Å². The maximum atomic E-state index is 13.0. The molecule has 4 fully saturated rings. The molecule has 4 aliphatic carbocycles. The highest BCUT2D eigenvalue weighted by atomic mass is 16.2. The highest BCUT2D eigenvalue weighted by Crippen LogP contribution is 2.60. The summed E-state index contributed by atoms with van der Waals surface area (Å²) in [5, 5.41) is 12.8. The Morgan fingerprint density at radius 3 is 2.38 bits per heavy atom. The minimum atomic E-state index is -0.173. The van der Waals surface area contributed by atoms with Crippen LogP contribution in [-0.2, 0) is 27.5 Å². The summed E-state index contributed by atoms with van der Waals surface area (Å²) < 4.78 is 1.56. The van der Waals surface area contributed by atoms with Gasteiger partial charge in [0, 0.05) is 43.0 Å².